The number of rotatable bonds is 2. The number of nitrogens with one attached hydrogen (secondary N) is 1. The molecule has 2 saturated heterocycles. The van der Waals surface area contributed by atoms with Gasteiger partial charge in [-0.15, -0.1) is 0 Å². The molecule has 1 N–H and O–H groups in total. The lowest BCUT2D eigenvalue weighted by Crippen LogP contribution is -2.39. The molecule has 0 aliphatic carbocycles. The number of carbonyl (C=O) groups excluding carboxylic acids is 2. The van der Waals surface area contributed by atoms with Crippen LogP contribution in [0.1, 0.15) is 12.8 Å². The quantitative estimate of drug-likeness (QED) is 0.749. The highest BCUT2D eigenvalue weighted by atomic mass is 16.5. The number of likely N-dealkylation sites (tertiary alicyclic amines) is 1. The van der Waals surface area contributed by atoms with Gasteiger partial charge in [0.05, 0.1) is 18.6 Å². The van der Waals surface area contributed by atoms with Crippen LogP contribution in [0.25, 0.3) is 0 Å². The van der Waals surface area contributed by atoms with E-state index in [0.29, 0.717) is 18.9 Å². The largest absolute Gasteiger partial charge is 0.372 e. The second-order valence-corrected chi connectivity index (χ2v) is 5.25. The maximum Gasteiger partial charge on any atom is 0.319 e. The van der Waals surface area contributed by atoms with Gasteiger partial charge in [-0.3, -0.25) is 4.79 Å². The lowest BCUT2D eigenvalue weighted by Gasteiger charge is -2.22. The molecule has 0 bridgehead atoms. The summed E-state index contributed by atoms with van der Waals surface area (Å²) in [5, 5.41) is 2.61. The molecule has 3 atom stereocenters. The smallest absolute Gasteiger partial charge is 0.319 e. The van der Waals surface area contributed by atoms with Crippen molar-refractivity contribution in [3.8, 4) is 0 Å². The van der Waals surface area contributed by atoms with Gasteiger partial charge in [0.25, 0.3) is 0 Å². The number of hydrogen-bond acceptors (Lipinski definition) is 3. The monoisotopic (exact) mass is 255 g/mol. The molecule has 0 aromatic heterocycles. The van der Waals surface area contributed by atoms with E-state index in [4.69, 9.17) is 4.74 Å². The van der Waals surface area contributed by atoms with Gasteiger partial charge < -0.3 is 19.9 Å². The summed E-state index contributed by atoms with van der Waals surface area (Å²) in [5.74, 6) is 0.393. The number of amides is 3. The van der Waals surface area contributed by atoms with Gasteiger partial charge in [0.1, 0.15) is 0 Å². The lowest BCUT2D eigenvalue weighted by molar-refractivity contribution is -0.123. The van der Waals surface area contributed by atoms with Crippen LogP contribution in [0.2, 0.25) is 0 Å². The van der Waals surface area contributed by atoms with Crippen LogP contribution in [0.3, 0.4) is 0 Å². The van der Waals surface area contributed by atoms with Crippen LogP contribution in [-0.4, -0.2) is 68.2 Å². The Bertz CT molecular complexity index is 331. The van der Waals surface area contributed by atoms with Gasteiger partial charge >= 0.3 is 6.03 Å². The highest BCUT2D eigenvalue weighted by Gasteiger charge is 2.44. The number of hydrogen-bond donors (Lipinski definition) is 1. The zero-order valence-corrected chi connectivity index (χ0v) is 11.2. The van der Waals surface area contributed by atoms with E-state index in [-0.39, 0.29) is 24.1 Å². The zero-order valence-electron chi connectivity index (χ0n) is 11.2. The van der Waals surface area contributed by atoms with E-state index in [1.54, 1.807) is 26.0 Å². The summed E-state index contributed by atoms with van der Waals surface area (Å²) in [6.07, 6.45) is 1.40. The summed E-state index contributed by atoms with van der Waals surface area (Å²) in [5.41, 5.74) is 0. The summed E-state index contributed by atoms with van der Waals surface area (Å²) in [4.78, 5) is 26.5. The summed E-state index contributed by atoms with van der Waals surface area (Å²) in [6.45, 7) is 1.39. The number of ether oxygens (including phenoxy) is 1. The van der Waals surface area contributed by atoms with Gasteiger partial charge in [-0.25, -0.2) is 4.79 Å². The molecular formula is C12H21N3O3. The number of urea groups is 1. The molecule has 18 heavy (non-hydrogen) atoms. The number of nitrogens with zero attached hydrogens (tertiary/aromatic N) is 2. The van der Waals surface area contributed by atoms with Crippen molar-refractivity contribution in [2.45, 2.75) is 25.0 Å². The van der Waals surface area contributed by atoms with Crippen LogP contribution in [0.15, 0.2) is 0 Å². The number of carbonyl (C=O) groups is 2. The van der Waals surface area contributed by atoms with E-state index in [0.717, 1.165) is 13.0 Å². The first-order valence-electron chi connectivity index (χ1n) is 6.33. The molecule has 0 radical (unpaired) electrons. The van der Waals surface area contributed by atoms with Crippen molar-refractivity contribution < 1.29 is 14.3 Å². The molecule has 2 aliphatic rings. The summed E-state index contributed by atoms with van der Waals surface area (Å²) in [6, 6.07) is 0.0378. The minimum absolute atomic E-state index is 0.0107. The standard InChI is InChI=1S/C12H21N3O3/c1-13-11(16)5-9-4-8-6-15(7-10(8)18-9)12(17)14(2)3/h8-10H,4-7H2,1-3H3,(H,13,16)/t8-,9+,10+/m0/s1. The fourth-order valence-corrected chi connectivity index (χ4v) is 2.74. The SMILES string of the molecule is CNC(=O)C[C@H]1C[C@H]2CN(C(=O)N(C)C)C[C@H]2O1. The van der Waals surface area contributed by atoms with Gasteiger partial charge in [0.2, 0.25) is 5.91 Å². The second kappa shape index (κ2) is 5.14. The van der Waals surface area contributed by atoms with E-state index < -0.39 is 0 Å². The average molecular weight is 255 g/mol. The van der Waals surface area contributed by atoms with Gasteiger partial charge in [0, 0.05) is 40.2 Å². The Labute approximate surface area is 107 Å². The molecule has 102 valence electrons. The van der Waals surface area contributed by atoms with Crippen LogP contribution in [-0.2, 0) is 9.53 Å². The van der Waals surface area contributed by atoms with Crippen molar-refractivity contribution in [1.29, 1.82) is 0 Å². The third kappa shape index (κ3) is 2.58. The molecular weight excluding hydrogens is 234 g/mol. The fraction of sp³-hybridized carbons (Fsp3) is 0.833. The normalized spacial score (nSPS) is 30.2. The Morgan fingerprint density at radius 1 is 1.39 bits per heavy atom. The topological polar surface area (TPSA) is 61.9 Å². The molecule has 6 heteroatoms. The minimum atomic E-state index is 0.0107. The van der Waals surface area contributed by atoms with Crippen LogP contribution < -0.4 is 5.32 Å². The molecule has 6 nitrogen and oxygen atoms in total. The van der Waals surface area contributed by atoms with Crippen molar-refractivity contribution in [2.24, 2.45) is 5.92 Å². The Morgan fingerprint density at radius 2 is 2.11 bits per heavy atom. The highest BCUT2D eigenvalue weighted by molar-refractivity contribution is 5.76. The van der Waals surface area contributed by atoms with Crippen molar-refractivity contribution in [3.63, 3.8) is 0 Å². The molecule has 0 saturated carbocycles. The first-order valence-corrected chi connectivity index (χ1v) is 6.33. The Morgan fingerprint density at radius 3 is 2.67 bits per heavy atom. The van der Waals surface area contributed by atoms with Gasteiger partial charge in [0.15, 0.2) is 0 Å². The minimum Gasteiger partial charge on any atom is -0.372 e. The molecule has 2 fully saturated rings. The molecule has 3 amide bonds. The van der Waals surface area contributed by atoms with Gasteiger partial charge in [-0.2, -0.15) is 0 Å². The third-order valence-corrected chi connectivity index (χ3v) is 3.66. The Kier molecular flexibility index (Phi) is 3.75. The second-order valence-electron chi connectivity index (χ2n) is 5.25. The van der Waals surface area contributed by atoms with Crippen molar-refractivity contribution in [3.05, 3.63) is 0 Å². The molecule has 2 rings (SSSR count). The predicted octanol–water partition coefficient (Wildman–Crippen LogP) is -0.107. The fourth-order valence-electron chi connectivity index (χ4n) is 2.74. The van der Waals surface area contributed by atoms with E-state index >= 15 is 0 Å². The van der Waals surface area contributed by atoms with E-state index in [9.17, 15) is 9.59 Å². The van der Waals surface area contributed by atoms with Crippen LogP contribution in [0.5, 0.6) is 0 Å². The summed E-state index contributed by atoms with van der Waals surface area (Å²) in [7, 11) is 5.15. The zero-order chi connectivity index (χ0) is 13.3. The molecule has 0 unspecified atom stereocenters. The Hall–Kier alpha value is -1.30. The number of fused-ring (bicyclic) bond motifs is 1. The van der Waals surface area contributed by atoms with E-state index in [1.165, 1.54) is 0 Å². The molecule has 2 heterocycles. The maximum absolute atomic E-state index is 11.8. The first-order chi connectivity index (χ1) is 8.51. The lowest BCUT2D eigenvalue weighted by atomic mass is 10.0. The molecule has 0 spiro atoms. The van der Waals surface area contributed by atoms with Crippen LogP contribution in [0, 0.1) is 5.92 Å². The highest BCUT2D eigenvalue weighted by Crippen LogP contribution is 2.34. The average Bonchev–Trinajstić information content (AvgIpc) is 2.85. The van der Waals surface area contributed by atoms with Crippen LogP contribution >= 0.6 is 0 Å². The summed E-state index contributed by atoms with van der Waals surface area (Å²) < 4.78 is 5.84. The Balaban J connectivity index is 1.84. The molecule has 0 aromatic rings. The summed E-state index contributed by atoms with van der Waals surface area (Å²) >= 11 is 0. The first kappa shape index (κ1) is 13.1. The van der Waals surface area contributed by atoms with E-state index in [1.807, 2.05) is 4.90 Å². The van der Waals surface area contributed by atoms with Crippen molar-refractivity contribution >= 4 is 11.9 Å². The van der Waals surface area contributed by atoms with Crippen molar-refractivity contribution in [2.75, 3.05) is 34.2 Å². The molecule has 2 aliphatic heterocycles. The van der Waals surface area contributed by atoms with E-state index in [2.05, 4.69) is 5.32 Å². The predicted molar refractivity (Wildman–Crippen MR) is 66.1 cm³/mol. The van der Waals surface area contributed by atoms with Crippen molar-refractivity contribution in [1.82, 2.24) is 15.1 Å². The maximum atomic E-state index is 11.8. The van der Waals surface area contributed by atoms with Gasteiger partial charge in [-0.1, -0.05) is 0 Å². The van der Waals surface area contributed by atoms with Crippen LogP contribution in [0.4, 0.5) is 4.79 Å². The third-order valence-electron chi connectivity index (χ3n) is 3.66. The molecule has 0 aromatic carbocycles. The van der Waals surface area contributed by atoms with Gasteiger partial charge in [-0.05, 0) is 6.42 Å².